The van der Waals surface area contributed by atoms with Crippen molar-refractivity contribution in [3.63, 3.8) is 0 Å². The highest BCUT2D eigenvalue weighted by Crippen LogP contribution is 2.27. The first-order chi connectivity index (χ1) is 13.7. The number of rotatable bonds is 5. The van der Waals surface area contributed by atoms with Crippen molar-refractivity contribution in [3.05, 3.63) is 29.8 Å². The molecule has 1 aromatic carbocycles. The number of anilines is 2. The first-order valence-electron chi connectivity index (χ1n) is 9.97. The summed E-state index contributed by atoms with van der Waals surface area (Å²) in [4.78, 5) is 29.5. The topological polar surface area (TPSA) is 91.7 Å². The highest BCUT2D eigenvalue weighted by atomic mass is 16.5. The van der Waals surface area contributed by atoms with Gasteiger partial charge in [0, 0.05) is 26.2 Å². The maximum atomic E-state index is 11.5. The Labute approximate surface area is 164 Å². The minimum absolute atomic E-state index is 0.0851. The quantitative estimate of drug-likeness (QED) is 0.840. The Bertz CT molecular complexity index is 796. The number of ether oxygens (including phenoxy) is 1. The van der Waals surface area contributed by atoms with Crippen LogP contribution in [-0.4, -0.2) is 52.2 Å². The van der Waals surface area contributed by atoms with Crippen LogP contribution in [0.1, 0.15) is 48.9 Å². The van der Waals surface area contributed by atoms with Crippen LogP contribution in [0.2, 0.25) is 0 Å². The molecular formula is C20H25N5O3. The van der Waals surface area contributed by atoms with E-state index < -0.39 is 5.97 Å². The molecule has 2 aromatic rings. The fraction of sp³-hybridized carbons (Fsp3) is 0.500. The molecule has 0 spiro atoms. The third-order valence-electron chi connectivity index (χ3n) is 5.19. The number of aromatic nitrogens is 3. The molecule has 1 N–H and O–H groups in total. The van der Waals surface area contributed by atoms with Gasteiger partial charge in [-0.2, -0.15) is 15.0 Å². The molecule has 4 rings (SSSR count). The van der Waals surface area contributed by atoms with Crippen molar-refractivity contribution < 1.29 is 14.6 Å². The van der Waals surface area contributed by atoms with Crippen molar-refractivity contribution in [2.24, 2.45) is 0 Å². The van der Waals surface area contributed by atoms with E-state index in [0.29, 0.717) is 11.9 Å². The van der Waals surface area contributed by atoms with Gasteiger partial charge >= 0.3 is 12.0 Å². The summed E-state index contributed by atoms with van der Waals surface area (Å²) in [6, 6.07) is 6.68. The zero-order chi connectivity index (χ0) is 19.3. The molecule has 0 radical (unpaired) electrons. The number of aromatic carboxylic acids is 1. The Hall–Kier alpha value is -2.90. The van der Waals surface area contributed by atoms with Gasteiger partial charge in [-0.15, -0.1) is 0 Å². The highest BCUT2D eigenvalue weighted by molar-refractivity contribution is 5.90. The largest absolute Gasteiger partial charge is 0.478 e. The summed E-state index contributed by atoms with van der Waals surface area (Å²) in [5.41, 5.74) is 0.0851. The highest BCUT2D eigenvalue weighted by Gasteiger charge is 2.22. The van der Waals surface area contributed by atoms with Gasteiger partial charge < -0.3 is 19.6 Å². The van der Waals surface area contributed by atoms with Crippen molar-refractivity contribution in [2.45, 2.75) is 38.5 Å². The Kier molecular flexibility index (Phi) is 5.55. The van der Waals surface area contributed by atoms with E-state index >= 15 is 0 Å². The van der Waals surface area contributed by atoms with Gasteiger partial charge in [0.15, 0.2) is 0 Å². The van der Waals surface area contributed by atoms with E-state index in [1.165, 1.54) is 18.9 Å². The zero-order valence-electron chi connectivity index (χ0n) is 15.9. The van der Waals surface area contributed by atoms with E-state index in [9.17, 15) is 9.90 Å². The van der Waals surface area contributed by atoms with Gasteiger partial charge in [-0.05, 0) is 50.7 Å². The van der Waals surface area contributed by atoms with Gasteiger partial charge in [-0.1, -0.05) is 12.1 Å². The fourth-order valence-electron chi connectivity index (χ4n) is 3.68. The SMILES string of the molecule is O=C(O)c1ccccc1Oc1nc(N2CCCCC2)nc(N2CCCCC2)n1. The second-order valence-electron chi connectivity index (χ2n) is 7.22. The van der Waals surface area contributed by atoms with Crippen LogP contribution in [0, 0.1) is 0 Å². The first kappa shape index (κ1) is 18.5. The van der Waals surface area contributed by atoms with Crippen LogP contribution in [0.3, 0.4) is 0 Å². The predicted octanol–water partition coefficient (Wildman–Crippen LogP) is 3.34. The molecule has 0 saturated carbocycles. The van der Waals surface area contributed by atoms with Crippen molar-refractivity contribution in [3.8, 4) is 11.8 Å². The molecule has 148 valence electrons. The van der Waals surface area contributed by atoms with Crippen LogP contribution in [0.25, 0.3) is 0 Å². The number of piperidine rings is 2. The third kappa shape index (κ3) is 4.16. The van der Waals surface area contributed by atoms with Crippen molar-refractivity contribution in [1.82, 2.24) is 15.0 Å². The molecule has 2 aliphatic heterocycles. The molecule has 0 unspecified atom stereocenters. The van der Waals surface area contributed by atoms with Crippen molar-refractivity contribution in [1.29, 1.82) is 0 Å². The maximum absolute atomic E-state index is 11.5. The lowest BCUT2D eigenvalue weighted by Gasteiger charge is -2.30. The Morgan fingerprint density at radius 3 is 1.89 bits per heavy atom. The minimum Gasteiger partial charge on any atom is -0.478 e. The lowest BCUT2D eigenvalue weighted by Crippen LogP contribution is -2.34. The normalized spacial score (nSPS) is 17.4. The summed E-state index contributed by atoms with van der Waals surface area (Å²) < 4.78 is 5.84. The molecule has 1 aromatic heterocycles. The van der Waals surface area contributed by atoms with E-state index in [4.69, 9.17) is 9.72 Å². The van der Waals surface area contributed by atoms with Gasteiger partial charge in [-0.3, -0.25) is 0 Å². The van der Waals surface area contributed by atoms with E-state index in [-0.39, 0.29) is 17.3 Å². The molecule has 0 aliphatic carbocycles. The fourth-order valence-corrected chi connectivity index (χ4v) is 3.68. The summed E-state index contributed by atoms with van der Waals surface area (Å²) in [5.74, 6) is 0.406. The van der Waals surface area contributed by atoms with Crippen molar-refractivity contribution >= 4 is 17.9 Å². The number of benzene rings is 1. The first-order valence-corrected chi connectivity index (χ1v) is 9.97. The number of carbonyl (C=O) groups is 1. The van der Waals surface area contributed by atoms with Crippen LogP contribution in [0.15, 0.2) is 24.3 Å². The second-order valence-corrected chi connectivity index (χ2v) is 7.22. The number of hydrogen-bond acceptors (Lipinski definition) is 7. The van der Waals surface area contributed by atoms with E-state index in [1.807, 2.05) is 0 Å². The molecule has 2 aliphatic rings. The number of nitrogens with zero attached hydrogens (tertiary/aromatic N) is 5. The summed E-state index contributed by atoms with van der Waals surface area (Å²) in [5, 5.41) is 9.41. The smallest absolute Gasteiger partial charge is 0.339 e. The summed E-state index contributed by atoms with van der Waals surface area (Å²) in [6.07, 6.45) is 6.89. The number of carboxylic acids is 1. The standard InChI is InChI=1S/C20H25N5O3/c26-17(27)15-9-3-4-10-16(15)28-20-22-18(24-11-5-1-6-12-24)21-19(23-20)25-13-7-2-8-14-25/h3-4,9-10H,1-2,5-8,11-14H2,(H,26,27). The Morgan fingerprint density at radius 2 is 1.36 bits per heavy atom. The number of para-hydroxylation sites is 1. The average molecular weight is 383 g/mol. The van der Waals surface area contributed by atoms with Gasteiger partial charge in [0.1, 0.15) is 11.3 Å². The minimum atomic E-state index is -1.04. The molecule has 0 amide bonds. The van der Waals surface area contributed by atoms with E-state index in [2.05, 4.69) is 19.8 Å². The van der Waals surface area contributed by atoms with Crippen LogP contribution in [-0.2, 0) is 0 Å². The molecule has 2 saturated heterocycles. The van der Waals surface area contributed by atoms with E-state index in [1.54, 1.807) is 18.2 Å². The molecule has 2 fully saturated rings. The van der Waals surface area contributed by atoms with Crippen LogP contribution >= 0.6 is 0 Å². The lowest BCUT2D eigenvalue weighted by atomic mass is 10.1. The third-order valence-corrected chi connectivity index (χ3v) is 5.19. The zero-order valence-corrected chi connectivity index (χ0v) is 15.9. The van der Waals surface area contributed by atoms with Crippen molar-refractivity contribution in [2.75, 3.05) is 36.0 Å². The summed E-state index contributed by atoms with van der Waals surface area (Å²) >= 11 is 0. The van der Waals surface area contributed by atoms with Crippen LogP contribution < -0.4 is 14.5 Å². The molecule has 8 nitrogen and oxygen atoms in total. The average Bonchev–Trinajstić information content (AvgIpc) is 2.75. The molecule has 0 bridgehead atoms. The lowest BCUT2D eigenvalue weighted by molar-refractivity contribution is 0.0694. The second kappa shape index (κ2) is 8.41. The summed E-state index contributed by atoms with van der Waals surface area (Å²) in [6.45, 7) is 3.65. The van der Waals surface area contributed by atoms with Gasteiger partial charge in [0.2, 0.25) is 11.9 Å². The molecule has 28 heavy (non-hydrogen) atoms. The monoisotopic (exact) mass is 383 g/mol. The van der Waals surface area contributed by atoms with E-state index in [0.717, 1.165) is 51.9 Å². The predicted molar refractivity (Wildman–Crippen MR) is 105 cm³/mol. The van der Waals surface area contributed by atoms with Gasteiger partial charge in [0.25, 0.3) is 0 Å². The van der Waals surface area contributed by atoms with Crippen LogP contribution in [0.5, 0.6) is 11.8 Å². The van der Waals surface area contributed by atoms with Crippen LogP contribution in [0.4, 0.5) is 11.9 Å². The Morgan fingerprint density at radius 1 is 0.821 bits per heavy atom. The molecule has 8 heteroatoms. The maximum Gasteiger partial charge on any atom is 0.339 e. The van der Waals surface area contributed by atoms with Gasteiger partial charge in [0.05, 0.1) is 0 Å². The Balaban J connectivity index is 1.68. The number of hydrogen-bond donors (Lipinski definition) is 1. The molecule has 0 atom stereocenters. The summed E-state index contributed by atoms with van der Waals surface area (Å²) in [7, 11) is 0. The molecule has 3 heterocycles. The number of carboxylic acid groups (broad SMARTS) is 1. The van der Waals surface area contributed by atoms with Gasteiger partial charge in [-0.25, -0.2) is 4.79 Å². The molecular weight excluding hydrogens is 358 g/mol.